The van der Waals surface area contributed by atoms with Gasteiger partial charge in [0.1, 0.15) is 5.69 Å². The molecule has 0 saturated heterocycles. The normalized spacial score (nSPS) is 14.2. The predicted octanol–water partition coefficient (Wildman–Crippen LogP) is 3.07. The Bertz CT molecular complexity index is 614. The van der Waals surface area contributed by atoms with E-state index >= 15 is 0 Å². The van der Waals surface area contributed by atoms with E-state index in [1.165, 1.54) is 0 Å². The molecule has 104 valence electrons. The summed E-state index contributed by atoms with van der Waals surface area (Å²) in [7, 11) is 0. The van der Waals surface area contributed by atoms with Crippen molar-refractivity contribution in [1.29, 1.82) is 0 Å². The molecule has 20 heavy (non-hydrogen) atoms. The second-order valence-corrected chi connectivity index (χ2v) is 5.18. The van der Waals surface area contributed by atoms with E-state index in [0.29, 0.717) is 24.0 Å². The van der Waals surface area contributed by atoms with Gasteiger partial charge in [-0.15, -0.1) is 0 Å². The van der Waals surface area contributed by atoms with Gasteiger partial charge in [0, 0.05) is 24.5 Å². The van der Waals surface area contributed by atoms with Crippen molar-refractivity contribution in [1.82, 2.24) is 4.57 Å². The van der Waals surface area contributed by atoms with E-state index in [9.17, 15) is 4.79 Å². The smallest absolute Gasteiger partial charge is 0.274 e. The summed E-state index contributed by atoms with van der Waals surface area (Å²) in [6.07, 6.45) is 4.14. The lowest BCUT2D eigenvalue weighted by molar-refractivity contribution is 0.0979. The molecule has 0 bridgehead atoms. The number of benzene rings is 1. The summed E-state index contributed by atoms with van der Waals surface area (Å²) in [4.78, 5) is 14.6. The topological polar surface area (TPSA) is 51.3 Å². The van der Waals surface area contributed by atoms with Crippen molar-refractivity contribution in [3.63, 3.8) is 0 Å². The molecule has 1 aromatic heterocycles. The van der Waals surface area contributed by atoms with Gasteiger partial charge < -0.3 is 15.2 Å². The van der Waals surface area contributed by atoms with E-state index in [4.69, 9.17) is 5.73 Å². The Morgan fingerprint density at radius 2 is 2.05 bits per heavy atom. The molecule has 1 amide bonds. The molecule has 0 unspecified atom stereocenters. The van der Waals surface area contributed by atoms with E-state index in [1.54, 1.807) is 11.0 Å². The van der Waals surface area contributed by atoms with Crippen LogP contribution in [-0.4, -0.2) is 17.0 Å². The highest BCUT2D eigenvalue weighted by Gasteiger charge is 2.29. The first kappa shape index (κ1) is 12.8. The largest absolute Gasteiger partial charge is 0.397 e. The van der Waals surface area contributed by atoms with Crippen molar-refractivity contribution in [2.24, 2.45) is 0 Å². The fraction of sp³-hybridized carbons (Fsp3) is 0.312. The molecular formula is C16H19N3O. The van der Waals surface area contributed by atoms with Crippen LogP contribution in [0.4, 0.5) is 11.4 Å². The molecule has 1 aromatic carbocycles. The molecule has 1 saturated carbocycles. The minimum atomic E-state index is 0.0160. The summed E-state index contributed by atoms with van der Waals surface area (Å²) in [5, 5.41) is 0. The fourth-order valence-corrected chi connectivity index (χ4v) is 2.52. The summed E-state index contributed by atoms with van der Waals surface area (Å²) in [6.45, 7) is 2.62. The zero-order chi connectivity index (χ0) is 14.1. The number of nitrogens with zero attached hydrogens (tertiary/aromatic N) is 2. The summed E-state index contributed by atoms with van der Waals surface area (Å²) in [6, 6.07) is 12.0. The van der Waals surface area contributed by atoms with Crippen molar-refractivity contribution >= 4 is 17.3 Å². The van der Waals surface area contributed by atoms with Gasteiger partial charge in [0.25, 0.3) is 5.91 Å². The molecule has 2 aromatic rings. The average molecular weight is 269 g/mol. The molecule has 3 rings (SSSR count). The van der Waals surface area contributed by atoms with Gasteiger partial charge in [-0.25, -0.2) is 0 Å². The fourth-order valence-electron chi connectivity index (χ4n) is 2.52. The van der Waals surface area contributed by atoms with Crippen LogP contribution in [0.1, 0.15) is 36.3 Å². The van der Waals surface area contributed by atoms with Gasteiger partial charge in [0.15, 0.2) is 0 Å². The van der Waals surface area contributed by atoms with Crippen LogP contribution < -0.4 is 10.6 Å². The maximum absolute atomic E-state index is 12.8. The summed E-state index contributed by atoms with van der Waals surface area (Å²) in [5.41, 5.74) is 8.14. The molecule has 0 spiro atoms. The number of aromatic nitrogens is 1. The van der Waals surface area contributed by atoms with Crippen molar-refractivity contribution in [3.8, 4) is 0 Å². The van der Waals surface area contributed by atoms with Gasteiger partial charge in [0.05, 0.1) is 5.69 Å². The summed E-state index contributed by atoms with van der Waals surface area (Å²) in [5.74, 6) is 0.0160. The lowest BCUT2D eigenvalue weighted by atomic mass is 10.2. The van der Waals surface area contributed by atoms with Crippen LogP contribution in [0.3, 0.4) is 0 Å². The number of nitrogen functional groups attached to an aromatic ring is 1. The number of nitrogens with two attached hydrogens (primary N) is 1. The van der Waals surface area contributed by atoms with Gasteiger partial charge in [-0.2, -0.15) is 0 Å². The number of hydrogen-bond donors (Lipinski definition) is 1. The van der Waals surface area contributed by atoms with E-state index < -0.39 is 0 Å². The standard InChI is InChI=1S/C16H19N3O/c1-2-18(13-6-4-3-5-7-13)16(20)15-10-12(17)11-19(15)14-8-9-14/h3-7,10-11,14H,2,8-9,17H2,1H3. The lowest BCUT2D eigenvalue weighted by Crippen LogP contribution is -2.32. The van der Waals surface area contributed by atoms with Crippen LogP contribution in [0.25, 0.3) is 0 Å². The quantitative estimate of drug-likeness (QED) is 0.927. The molecule has 1 aliphatic rings. The molecule has 0 atom stereocenters. The van der Waals surface area contributed by atoms with Gasteiger partial charge in [-0.05, 0) is 38.0 Å². The first-order chi connectivity index (χ1) is 9.70. The van der Waals surface area contributed by atoms with Gasteiger partial charge >= 0.3 is 0 Å². The highest BCUT2D eigenvalue weighted by Crippen LogP contribution is 2.37. The number of anilines is 2. The molecule has 1 heterocycles. The van der Waals surface area contributed by atoms with E-state index in [1.807, 2.05) is 48.0 Å². The van der Waals surface area contributed by atoms with Crippen LogP contribution in [-0.2, 0) is 0 Å². The van der Waals surface area contributed by atoms with Gasteiger partial charge in [-0.3, -0.25) is 4.79 Å². The molecule has 0 radical (unpaired) electrons. The Kier molecular flexibility index (Phi) is 3.22. The molecule has 2 N–H and O–H groups in total. The number of para-hydroxylation sites is 1. The maximum atomic E-state index is 12.8. The van der Waals surface area contributed by atoms with Crippen molar-refractivity contribution < 1.29 is 4.79 Å². The van der Waals surface area contributed by atoms with Crippen LogP contribution in [0, 0.1) is 0 Å². The van der Waals surface area contributed by atoms with E-state index in [2.05, 4.69) is 0 Å². The van der Waals surface area contributed by atoms with E-state index in [0.717, 1.165) is 18.5 Å². The number of rotatable bonds is 4. The highest BCUT2D eigenvalue weighted by molar-refractivity contribution is 6.05. The van der Waals surface area contributed by atoms with Crippen LogP contribution in [0.5, 0.6) is 0 Å². The van der Waals surface area contributed by atoms with Crippen molar-refractivity contribution in [2.45, 2.75) is 25.8 Å². The van der Waals surface area contributed by atoms with Crippen molar-refractivity contribution in [3.05, 3.63) is 48.3 Å². The maximum Gasteiger partial charge on any atom is 0.274 e. The zero-order valence-corrected chi connectivity index (χ0v) is 11.6. The number of hydrogen-bond acceptors (Lipinski definition) is 2. The van der Waals surface area contributed by atoms with Crippen LogP contribution in [0.2, 0.25) is 0 Å². The van der Waals surface area contributed by atoms with E-state index in [-0.39, 0.29) is 5.91 Å². The highest BCUT2D eigenvalue weighted by atomic mass is 16.2. The third kappa shape index (κ3) is 2.29. The average Bonchev–Trinajstić information content (AvgIpc) is 3.23. The third-order valence-corrected chi connectivity index (χ3v) is 3.66. The predicted molar refractivity (Wildman–Crippen MR) is 80.9 cm³/mol. The molecule has 1 aliphatic carbocycles. The Morgan fingerprint density at radius 1 is 1.35 bits per heavy atom. The number of amides is 1. The summed E-state index contributed by atoms with van der Waals surface area (Å²) < 4.78 is 2.03. The third-order valence-electron chi connectivity index (χ3n) is 3.66. The number of carbonyl (C=O) groups is 1. The summed E-state index contributed by atoms with van der Waals surface area (Å²) >= 11 is 0. The van der Waals surface area contributed by atoms with Gasteiger partial charge in [-0.1, -0.05) is 18.2 Å². The molecule has 1 fully saturated rings. The Labute approximate surface area is 118 Å². The van der Waals surface area contributed by atoms with Crippen molar-refractivity contribution in [2.75, 3.05) is 17.2 Å². The Hall–Kier alpha value is -2.23. The zero-order valence-electron chi connectivity index (χ0n) is 11.6. The molecule has 4 nitrogen and oxygen atoms in total. The first-order valence-corrected chi connectivity index (χ1v) is 7.05. The van der Waals surface area contributed by atoms with Crippen LogP contribution >= 0.6 is 0 Å². The monoisotopic (exact) mass is 269 g/mol. The molecular weight excluding hydrogens is 250 g/mol. The second-order valence-electron chi connectivity index (χ2n) is 5.18. The SMILES string of the molecule is CCN(C(=O)c1cc(N)cn1C1CC1)c1ccccc1. The van der Waals surface area contributed by atoms with Crippen LogP contribution in [0.15, 0.2) is 42.6 Å². The van der Waals surface area contributed by atoms with Gasteiger partial charge in [0.2, 0.25) is 0 Å². The number of carbonyl (C=O) groups excluding carboxylic acids is 1. The molecule has 0 aliphatic heterocycles. The Morgan fingerprint density at radius 3 is 2.65 bits per heavy atom. The Balaban J connectivity index is 1.94. The minimum Gasteiger partial charge on any atom is -0.397 e. The second kappa shape index (κ2) is 5.04. The minimum absolute atomic E-state index is 0.0160. The first-order valence-electron chi connectivity index (χ1n) is 7.05. The molecule has 4 heteroatoms. The lowest BCUT2D eigenvalue weighted by Gasteiger charge is -2.21.